The molecule has 2 aromatic rings. The first-order valence-corrected chi connectivity index (χ1v) is 11.8. The van der Waals surface area contributed by atoms with Crippen LogP contribution in [-0.2, 0) is 22.4 Å². The fraction of sp³-hybridized carbons (Fsp3) is 0.500. The third kappa shape index (κ3) is 4.69. The molecule has 184 valence electrons. The van der Waals surface area contributed by atoms with Crippen LogP contribution in [0.4, 0.5) is 11.4 Å². The third-order valence-electron chi connectivity index (χ3n) is 7.01. The average molecular weight is 471 g/mol. The maximum atomic E-state index is 11.4. The summed E-state index contributed by atoms with van der Waals surface area (Å²) in [6, 6.07) is 16.8. The van der Waals surface area contributed by atoms with Crippen LogP contribution in [0.15, 0.2) is 48.5 Å². The third-order valence-corrected chi connectivity index (χ3v) is 7.01. The van der Waals surface area contributed by atoms with E-state index in [9.17, 15) is 25.2 Å². The number of para-hydroxylation sites is 2. The van der Waals surface area contributed by atoms with E-state index in [4.69, 9.17) is 4.74 Å². The van der Waals surface area contributed by atoms with Crippen LogP contribution < -0.4 is 10.0 Å². The Labute approximate surface area is 200 Å². The molecule has 2 heterocycles. The van der Waals surface area contributed by atoms with E-state index in [2.05, 4.69) is 48.2 Å². The lowest BCUT2D eigenvalue weighted by atomic mass is 9.96. The fourth-order valence-corrected chi connectivity index (χ4v) is 5.48. The van der Waals surface area contributed by atoms with Gasteiger partial charge in [0, 0.05) is 23.8 Å². The van der Waals surface area contributed by atoms with Gasteiger partial charge in [0.05, 0.1) is 26.6 Å². The zero-order chi connectivity index (χ0) is 24.6. The Morgan fingerprint density at radius 1 is 1.00 bits per heavy atom. The number of aliphatic hydroxyl groups is 3. The van der Waals surface area contributed by atoms with Gasteiger partial charge in [0.15, 0.2) is 6.10 Å². The molecule has 2 aliphatic heterocycles. The number of hydrogen-bond acceptors (Lipinski definition) is 7. The Hall–Kier alpha value is -2.49. The summed E-state index contributed by atoms with van der Waals surface area (Å²) in [6.07, 6.45) is -5.64. The van der Waals surface area contributed by atoms with Crippen LogP contribution in [0.1, 0.15) is 18.1 Å². The first-order chi connectivity index (χ1) is 16.1. The number of fused-ring (bicyclic) bond motifs is 2. The smallest absolute Gasteiger partial charge is 0.222 e. The number of aliphatic hydroxyl groups excluding tert-OH is 3. The van der Waals surface area contributed by atoms with Gasteiger partial charge >= 0.3 is 0 Å². The number of carboxylic acid groups (broad SMARTS) is 1. The second kappa shape index (κ2) is 9.64. The molecule has 6 atom stereocenters. The number of rotatable bonds is 6. The number of likely N-dealkylation sites (N-methyl/N-ethyl adjacent to an activating group) is 1. The molecule has 34 heavy (non-hydrogen) atoms. The van der Waals surface area contributed by atoms with Gasteiger partial charge in [0.1, 0.15) is 18.3 Å². The highest BCUT2D eigenvalue weighted by Gasteiger charge is 2.51. The minimum absolute atomic E-state index is 0.104. The maximum Gasteiger partial charge on any atom is 0.222 e. The molecule has 0 aromatic heterocycles. The highest BCUT2D eigenvalue weighted by Crippen LogP contribution is 2.37. The van der Waals surface area contributed by atoms with Crippen molar-refractivity contribution in [2.24, 2.45) is 5.92 Å². The number of carbonyl (C=O) groups is 1. The summed E-state index contributed by atoms with van der Waals surface area (Å²) in [7, 11) is 3.65. The van der Waals surface area contributed by atoms with Gasteiger partial charge in [-0.25, -0.2) is 0 Å². The lowest BCUT2D eigenvalue weighted by Gasteiger charge is -2.48. The molecule has 1 saturated heterocycles. The first kappa shape index (κ1) is 24.6. The molecule has 8 nitrogen and oxygen atoms in total. The van der Waals surface area contributed by atoms with E-state index in [1.54, 1.807) is 0 Å². The minimum Gasteiger partial charge on any atom is -0.547 e. The van der Waals surface area contributed by atoms with E-state index < -0.39 is 36.6 Å². The molecular weight excluding hydrogens is 436 g/mol. The van der Waals surface area contributed by atoms with Crippen molar-refractivity contribution in [3.63, 3.8) is 0 Å². The van der Waals surface area contributed by atoms with E-state index in [1.165, 1.54) is 22.5 Å². The molecule has 2 aromatic carbocycles. The fourth-order valence-electron chi connectivity index (χ4n) is 5.48. The van der Waals surface area contributed by atoms with Crippen LogP contribution in [0.2, 0.25) is 0 Å². The number of benzene rings is 2. The van der Waals surface area contributed by atoms with Gasteiger partial charge in [-0.3, -0.25) is 0 Å². The van der Waals surface area contributed by atoms with E-state index in [1.807, 2.05) is 26.2 Å². The van der Waals surface area contributed by atoms with Gasteiger partial charge in [-0.05, 0) is 36.1 Å². The van der Waals surface area contributed by atoms with Gasteiger partial charge in [0.2, 0.25) is 6.23 Å². The predicted octanol–water partition coefficient (Wildman–Crippen LogP) is 0.193. The molecule has 3 N–H and O–H groups in total. The topological polar surface area (TPSA) is 113 Å². The molecule has 0 spiro atoms. The SMILES string of the molecule is CC(CN1c2ccccc2CCc2ccccc21)C[N+](C)(C)[C@@H]1O[C@H](C(=O)[O-])[C@@H](O)[C@H](O)[C@H]1O. The van der Waals surface area contributed by atoms with Crippen molar-refractivity contribution < 1.29 is 34.4 Å². The summed E-state index contributed by atoms with van der Waals surface area (Å²) in [5.74, 6) is -1.51. The Morgan fingerprint density at radius 2 is 1.53 bits per heavy atom. The van der Waals surface area contributed by atoms with Crippen LogP contribution in [-0.4, -0.2) is 83.6 Å². The van der Waals surface area contributed by atoms with Crippen molar-refractivity contribution in [3.8, 4) is 0 Å². The monoisotopic (exact) mass is 470 g/mol. The summed E-state index contributed by atoms with van der Waals surface area (Å²) < 4.78 is 5.67. The predicted molar refractivity (Wildman–Crippen MR) is 125 cm³/mol. The Bertz CT molecular complexity index is 980. The van der Waals surface area contributed by atoms with Crippen molar-refractivity contribution in [2.75, 3.05) is 32.1 Å². The quantitative estimate of drug-likeness (QED) is 0.517. The van der Waals surface area contributed by atoms with Gasteiger partial charge in [0.25, 0.3) is 0 Å². The molecule has 0 bridgehead atoms. The van der Waals surface area contributed by atoms with E-state index >= 15 is 0 Å². The highest BCUT2D eigenvalue weighted by molar-refractivity contribution is 5.71. The van der Waals surface area contributed by atoms with Gasteiger partial charge in [-0.15, -0.1) is 0 Å². The number of hydrogen-bond donors (Lipinski definition) is 3. The standard InChI is InChI=1S/C26H34N2O6/c1-16(15-28(2,3)25-23(31)21(29)22(30)24(34-25)26(32)33)14-27-19-10-6-4-8-17(19)12-13-18-9-5-7-11-20(18)27/h4-11,16,21-25,29-31H,12-15H2,1-3H3/t16?,21-,22-,23+,24-,25+/m0/s1. The van der Waals surface area contributed by atoms with Crippen LogP contribution in [0, 0.1) is 5.92 Å². The molecular formula is C26H34N2O6. The minimum atomic E-state index is -1.75. The van der Waals surface area contributed by atoms with Crippen LogP contribution in [0.5, 0.6) is 0 Å². The number of aliphatic carboxylic acids is 1. The molecule has 0 saturated carbocycles. The molecule has 0 radical (unpaired) electrons. The molecule has 1 fully saturated rings. The molecule has 0 amide bonds. The number of aryl methyl sites for hydroxylation is 2. The number of quaternary nitrogens is 1. The average Bonchev–Trinajstić information content (AvgIpc) is 2.94. The number of carbonyl (C=O) groups excluding carboxylic acids is 1. The number of ether oxygens (including phenoxy) is 1. The summed E-state index contributed by atoms with van der Waals surface area (Å²) in [5.41, 5.74) is 4.93. The van der Waals surface area contributed by atoms with Crippen LogP contribution >= 0.6 is 0 Å². The number of nitrogens with zero attached hydrogens (tertiary/aromatic N) is 2. The van der Waals surface area contributed by atoms with Crippen molar-refractivity contribution in [2.45, 2.75) is 50.4 Å². The van der Waals surface area contributed by atoms with Crippen molar-refractivity contribution in [1.82, 2.24) is 0 Å². The normalized spacial score (nSPS) is 27.9. The molecule has 1 unspecified atom stereocenters. The second-order valence-corrected chi connectivity index (χ2v) is 10.2. The zero-order valence-electron chi connectivity index (χ0n) is 19.9. The van der Waals surface area contributed by atoms with Gasteiger partial charge in [-0.2, -0.15) is 0 Å². The largest absolute Gasteiger partial charge is 0.547 e. The van der Waals surface area contributed by atoms with Crippen molar-refractivity contribution in [1.29, 1.82) is 0 Å². The summed E-state index contributed by atoms with van der Waals surface area (Å²) in [5, 5.41) is 42.3. The second-order valence-electron chi connectivity index (χ2n) is 10.2. The Balaban J connectivity index is 1.57. The molecule has 2 aliphatic rings. The number of anilines is 2. The van der Waals surface area contributed by atoms with Crippen LogP contribution in [0.25, 0.3) is 0 Å². The lowest BCUT2D eigenvalue weighted by molar-refractivity contribution is -0.947. The maximum absolute atomic E-state index is 11.4. The van der Waals surface area contributed by atoms with E-state index in [0.717, 1.165) is 12.8 Å². The number of carboxylic acids is 1. The zero-order valence-corrected chi connectivity index (χ0v) is 19.9. The summed E-state index contributed by atoms with van der Waals surface area (Å²) >= 11 is 0. The molecule has 0 aliphatic carbocycles. The van der Waals surface area contributed by atoms with Gasteiger partial charge in [-0.1, -0.05) is 43.3 Å². The van der Waals surface area contributed by atoms with Crippen molar-refractivity contribution >= 4 is 17.3 Å². The lowest BCUT2D eigenvalue weighted by Crippen LogP contribution is -2.70. The summed E-state index contributed by atoms with van der Waals surface area (Å²) in [6.45, 7) is 3.34. The summed E-state index contributed by atoms with van der Waals surface area (Å²) in [4.78, 5) is 13.8. The van der Waals surface area contributed by atoms with Crippen LogP contribution in [0.3, 0.4) is 0 Å². The Morgan fingerprint density at radius 3 is 2.06 bits per heavy atom. The first-order valence-electron chi connectivity index (χ1n) is 11.8. The van der Waals surface area contributed by atoms with Crippen molar-refractivity contribution in [3.05, 3.63) is 59.7 Å². The van der Waals surface area contributed by atoms with E-state index in [-0.39, 0.29) is 10.4 Å². The van der Waals surface area contributed by atoms with Gasteiger partial charge < -0.3 is 39.3 Å². The van der Waals surface area contributed by atoms with E-state index in [0.29, 0.717) is 13.1 Å². The molecule has 8 heteroatoms. The highest BCUT2D eigenvalue weighted by atomic mass is 16.6. The Kier molecular flexibility index (Phi) is 6.98. The molecule has 4 rings (SSSR count).